The summed E-state index contributed by atoms with van der Waals surface area (Å²) in [5, 5.41) is 4.01. The maximum atomic E-state index is 11.4. The molecule has 0 bridgehead atoms. The van der Waals surface area contributed by atoms with Gasteiger partial charge in [0.05, 0.1) is 12.3 Å². The van der Waals surface area contributed by atoms with Crippen molar-refractivity contribution in [3.63, 3.8) is 0 Å². The first-order valence-electron chi connectivity index (χ1n) is 5.85. The number of nitrogens with one attached hydrogen (secondary N) is 1. The van der Waals surface area contributed by atoms with E-state index >= 15 is 0 Å². The molecular formula is C14H18N2O2. The van der Waals surface area contributed by atoms with Gasteiger partial charge in [-0.1, -0.05) is 24.3 Å². The highest BCUT2D eigenvalue weighted by Crippen LogP contribution is 2.15. The quantitative estimate of drug-likeness (QED) is 0.363. The number of rotatable bonds is 6. The summed E-state index contributed by atoms with van der Waals surface area (Å²) in [5.74, 6) is -0.411. The number of hydrazone groups is 1. The van der Waals surface area contributed by atoms with E-state index in [4.69, 9.17) is 4.74 Å². The molecule has 0 aliphatic heterocycles. The largest absolute Gasteiger partial charge is 0.461 e. The van der Waals surface area contributed by atoms with Gasteiger partial charge in [0.15, 0.2) is 0 Å². The average Bonchev–Trinajstić information content (AvgIpc) is 2.38. The van der Waals surface area contributed by atoms with Gasteiger partial charge in [0, 0.05) is 0 Å². The van der Waals surface area contributed by atoms with Gasteiger partial charge in [-0.25, -0.2) is 4.79 Å². The first kappa shape index (κ1) is 14.0. The molecule has 0 heterocycles. The fourth-order valence-electron chi connectivity index (χ4n) is 1.39. The summed E-state index contributed by atoms with van der Waals surface area (Å²) in [7, 11) is 0. The Morgan fingerprint density at radius 3 is 2.89 bits per heavy atom. The first-order valence-corrected chi connectivity index (χ1v) is 5.85. The third kappa shape index (κ3) is 4.05. The molecule has 1 N–H and O–H groups in total. The zero-order valence-corrected chi connectivity index (χ0v) is 10.8. The Kier molecular flexibility index (Phi) is 5.64. The minimum absolute atomic E-state index is 0.297. The highest BCUT2D eigenvalue weighted by atomic mass is 16.5. The van der Waals surface area contributed by atoms with Crippen LogP contribution in [0.1, 0.15) is 19.4 Å². The van der Waals surface area contributed by atoms with Gasteiger partial charge in [-0.2, -0.15) is 5.10 Å². The van der Waals surface area contributed by atoms with Crippen LogP contribution >= 0.6 is 0 Å². The average molecular weight is 246 g/mol. The Labute approximate surface area is 107 Å². The van der Waals surface area contributed by atoms with Crippen molar-refractivity contribution in [3.05, 3.63) is 42.5 Å². The van der Waals surface area contributed by atoms with E-state index in [-0.39, 0.29) is 0 Å². The zero-order valence-electron chi connectivity index (χ0n) is 10.8. The van der Waals surface area contributed by atoms with Gasteiger partial charge >= 0.3 is 5.97 Å². The van der Waals surface area contributed by atoms with Crippen molar-refractivity contribution in [1.29, 1.82) is 0 Å². The van der Waals surface area contributed by atoms with Crippen LogP contribution in [0.2, 0.25) is 0 Å². The summed E-state index contributed by atoms with van der Waals surface area (Å²) in [6.45, 7) is 7.43. The number of carbonyl (C=O) groups is 1. The second-order valence-corrected chi connectivity index (χ2v) is 3.68. The highest BCUT2D eigenvalue weighted by Gasteiger charge is 2.06. The van der Waals surface area contributed by atoms with Crippen molar-refractivity contribution in [2.24, 2.45) is 5.10 Å². The van der Waals surface area contributed by atoms with Crippen molar-refractivity contribution in [2.75, 3.05) is 12.0 Å². The van der Waals surface area contributed by atoms with Crippen LogP contribution in [0.5, 0.6) is 0 Å². The number of ether oxygens (including phenoxy) is 1. The Hall–Kier alpha value is -2.10. The van der Waals surface area contributed by atoms with Gasteiger partial charge in [0.25, 0.3) is 0 Å². The van der Waals surface area contributed by atoms with Crippen molar-refractivity contribution in [2.45, 2.75) is 20.3 Å². The van der Waals surface area contributed by atoms with Crippen LogP contribution in [0.15, 0.2) is 42.0 Å². The van der Waals surface area contributed by atoms with Gasteiger partial charge < -0.3 is 4.74 Å². The van der Waals surface area contributed by atoms with Gasteiger partial charge in [-0.15, -0.1) is 6.58 Å². The Balaban J connectivity index is 2.76. The molecule has 0 aliphatic carbocycles. The minimum atomic E-state index is -0.411. The minimum Gasteiger partial charge on any atom is -0.461 e. The predicted molar refractivity (Wildman–Crippen MR) is 73.7 cm³/mol. The second kappa shape index (κ2) is 7.27. The summed E-state index contributed by atoms with van der Waals surface area (Å²) in [6.07, 6.45) is 2.57. The fraction of sp³-hybridized carbons (Fsp3) is 0.286. The van der Waals surface area contributed by atoms with E-state index in [1.54, 1.807) is 13.8 Å². The number of allylic oxidation sites excluding steroid dienone is 1. The smallest absolute Gasteiger partial charge is 0.354 e. The molecule has 0 amide bonds. The van der Waals surface area contributed by atoms with Crippen molar-refractivity contribution < 1.29 is 9.53 Å². The molecule has 0 radical (unpaired) electrons. The SMILES string of the molecule is C=CCc1ccccc1N/N=C(\C)C(=O)OCC. The Morgan fingerprint density at radius 2 is 2.22 bits per heavy atom. The van der Waals surface area contributed by atoms with E-state index < -0.39 is 5.97 Å². The molecule has 4 heteroatoms. The number of hydrogen-bond acceptors (Lipinski definition) is 4. The third-order valence-corrected chi connectivity index (χ3v) is 2.30. The predicted octanol–water partition coefficient (Wildman–Crippen LogP) is 2.77. The van der Waals surface area contributed by atoms with Crippen LogP contribution in [0, 0.1) is 0 Å². The molecule has 0 atom stereocenters. The molecule has 0 unspecified atom stereocenters. The Bertz CT molecular complexity index is 453. The molecule has 0 saturated heterocycles. The molecule has 0 fully saturated rings. The number of hydrogen-bond donors (Lipinski definition) is 1. The van der Waals surface area contributed by atoms with Crippen LogP contribution < -0.4 is 5.43 Å². The van der Waals surface area contributed by atoms with Gasteiger partial charge in [0.1, 0.15) is 5.71 Å². The fourth-order valence-corrected chi connectivity index (χ4v) is 1.39. The first-order chi connectivity index (χ1) is 8.69. The maximum Gasteiger partial charge on any atom is 0.354 e. The van der Waals surface area contributed by atoms with E-state index in [0.29, 0.717) is 12.3 Å². The Morgan fingerprint density at radius 1 is 1.50 bits per heavy atom. The summed E-state index contributed by atoms with van der Waals surface area (Å²) < 4.78 is 4.84. The van der Waals surface area contributed by atoms with Gasteiger partial charge in [-0.3, -0.25) is 5.43 Å². The number of nitrogens with zero attached hydrogens (tertiary/aromatic N) is 1. The van der Waals surface area contributed by atoms with Gasteiger partial charge in [0.2, 0.25) is 0 Å². The molecular weight excluding hydrogens is 228 g/mol. The lowest BCUT2D eigenvalue weighted by atomic mass is 10.1. The van der Waals surface area contributed by atoms with E-state index in [1.165, 1.54) is 0 Å². The number of benzene rings is 1. The molecule has 0 aromatic heterocycles. The molecule has 1 rings (SSSR count). The van der Waals surface area contributed by atoms with E-state index in [9.17, 15) is 4.79 Å². The van der Waals surface area contributed by atoms with Crippen LogP contribution in [0.25, 0.3) is 0 Å². The zero-order chi connectivity index (χ0) is 13.4. The van der Waals surface area contributed by atoms with Gasteiger partial charge in [-0.05, 0) is 31.9 Å². The monoisotopic (exact) mass is 246 g/mol. The molecule has 0 saturated carbocycles. The lowest BCUT2D eigenvalue weighted by Crippen LogP contribution is -2.15. The van der Waals surface area contributed by atoms with Crippen LogP contribution in [0.3, 0.4) is 0 Å². The normalized spacial score (nSPS) is 10.9. The molecule has 0 aliphatic rings. The molecule has 4 nitrogen and oxygen atoms in total. The summed E-state index contributed by atoms with van der Waals surface area (Å²) in [6, 6.07) is 7.75. The molecule has 96 valence electrons. The topological polar surface area (TPSA) is 50.7 Å². The van der Waals surface area contributed by atoms with Crippen molar-refractivity contribution >= 4 is 17.4 Å². The van der Waals surface area contributed by atoms with Crippen molar-refractivity contribution in [3.8, 4) is 0 Å². The summed E-state index contributed by atoms with van der Waals surface area (Å²) in [4.78, 5) is 11.4. The number of carbonyl (C=O) groups excluding carboxylic acids is 1. The number of anilines is 1. The van der Waals surface area contributed by atoms with Crippen LogP contribution in [0.4, 0.5) is 5.69 Å². The lowest BCUT2D eigenvalue weighted by molar-refractivity contribution is -0.135. The summed E-state index contributed by atoms with van der Waals surface area (Å²) in [5.41, 5.74) is 5.11. The lowest BCUT2D eigenvalue weighted by Gasteiger charge is -2.07. The van der Waals surface area contributed by atoms with E-state index in [0.717, 1.165) is 17.7 Å². The van der Waals surface area contributed by atoms with E-state index in [1.807, 2.05) is 30.3 Å². The standard InChI is InChI=1S/C14H18N2O2/c1-4-8-12-9-6-7-10-13(12)16-15-11(3)14(17)18-5-2/h4,6-7,9-10,16H,1,5,8H2,2-3H3/b15-11+. The third-order valence-electron chi connectivity index (χ3n) is 2.30. The number of esters is 1. The van der Waals surface area contributed by atoms with Crippen LogP contribution in [-0.2, 0) is 16.0 Å². The van der Waals surface area contributed by atoms with Crippen molar-refractivity contribution in [1.82, 2.24) is 0 Å². The van der Waals surface area contributed by atoms with Crippen LogP contribution in [-0.4, -0.2) is 18.3 Å². The molecule has 1 aromatic rings. The molecule has 18 heavy (non-hydrogen) atoms. The summed E-state index contributed by atoms with van der Waals surface area (Å²) >= 11 is 0. The number of para-hydroxylation sites is 1. The molecule has 1 aromatic carbocycles. The second-order valence-electron chi connectivity index (χ2n) is 3.68. The van der Waals surface area contributed by atoms with E-state index in [2.05, 4.69) is 17.1 Å². The maximum absolute atomic E-state index is 11.4. The molecule has 0 spiro atoms. The highest BCUT2D eigenvalue weighted by molar-refractivity contribution is 6.35.